The molecule has 10 heteroatoms. The highest BCUT2D eigenvalue weighted by atomic mass is 35.5. The Bertz CT molecular complexity index is 1330. The quantitative estimate of drug-likeness (QED) is 0.354. The smallest absolute Gasteiger partial charge is 0.123 e. The molecule has 1 saturated heterocycles. The van der Waals surface area contributed by atoms with Gasteiger partial charge in [-0.05, 0) is 36.2 Å². The molecule has 5 rings (SSSR count). The molecule has 172 valence electrons. The predicted octanol–water partition coefficient (Wildman–Crippen LogP) is 4.67. The van der Waals surface area contributed by atoms with Gasteiger partial charge in [0.25, 0.3) is 0 Å². The number of halogens is 2. The van der Waals surface area contributed by atoms with Crippen molar-refractivity contribution in [2.75, 3.05) is 30.4 Å². The number of ether oxygens (including phenoxy) is 1. The predicted molar refractivity (Wildman–Crippen MR) is 127 cm³/mol. The molecule has 1 unspecified atom stereocenters. The number of nitrogens with zero attached hydrogens (tertiary/aromatic N) is 4. The van der Waals surface area contributed by atoms with Gasteiger partial charge in [0.05, 0.1) is 41.3 Å². The number of anilines is 2. The van der Waals surface area contributed by atoms with Crippen LogP contribution in [-0.4, -0.2) is 40.2 Å². The van der Waals surface area contributed by atoms with Crippen LogP contribution in [0.1, 0.15) is 29.3 Å². The molecule has 2 atom stereocenters. The van der Waals surface area contributed by atoms with E-state index >= 15 is 0 Å². The van der Waals surface area contributed by atoms with E-state index in [0.29, 0.717) is 52.2 Å². The van der Waals surface area contributed by atoms with E-state index in [1.54, 1.807) is 36.7 Å². The third kappa shape index (κ3) is 4.51. The normalized spacial score (nSPS) is 16.3. The first kappa shape index (κ1) is 22.1. The molecule has 34 heavy (non-hydrogen) atoms. The topological polar surface area (TPSA) is 112 Å². The van der Waals surface area contributed by atoms with Crippen molar-refractivity contribution in [3.8, 4) is 6.07 Å². The first-order chi connectivity index (χ1) is 16.6. The van der Waals surface area contributed by atoms with Gasteiger partial charge in [-0.1, -0.05) is 23.7 Å². The van der Waals surface area contributed by atoms with Crippen LogP contribution in [0.5, 0.6) is 0 Å². The number of H-pyrrole nitrogens is 1. The highest BCUT2D eigenvalue weighted by Gasteiger charge is 2.21. The Labute approximate surface area is 200 Å². The molecular weight excluding hydrogens is 457 g/mol. The molecule has 3 N–H and O–H groups in total. The third-order valence-corrected chi connectivity index (χ3v) is 6.10. The van der Waals surface area contributed by atoms with Crippen LogP contribution in [0, 0.1) is 23.1 Å². The number of aromatic nitrogens is 4. The minimum atomic E-state index is -0.439. The summed E-state index contributed by atoms with van der Waals surface area (Å²) in [5.74, 6) is 0.0477. The second kappa shape index (κ2) is 9.63. The van der Waals surface area contributed by atoms with Gasteiger partial charge in [-0.3, -0.25) is 4.98 Å². The Morgan fingerprint density at radius 1 is 1.26 bits per heavy atom. The number of fused-ring (bicyclic) bond motifs is 1. The summed E-state index contributed by atoms with van der Waals surface area (Å²) in [6.45, 7) is 2.13. The van der Waals surface area contributed by atoms with Gasteiger partial charge < -0.3 is 15.4 Å². The summed E-state index contributed by atoms with van der Waals surface area (Å²) in [6.07, 6.45) is 4.13. The van der Waals surface area contributed by atoms with Crippen molar-refractivity contribution in [1.82, 2.24) is 20.4 Å². The van der Waals surface area contributed by atoms with Gasteiger partial charge in [-0.2, -0.15) is 20.7 Å². The lowest BCUT2D eigenvalue weighted by atomic mass is 10.0. The van der Waals surface area contributed by atoms with Crippen LogP contribution >= 0.6 is 11.6 Å². The van der Waals surface area contributed by atoms with E-state index in [1.807, 2.05) is 0 Å². The molecule has 0 spiro atoms. The van der Waals surface area contributed by atoms with E-state index in [1.165, 1.54) is 12.1 Å². The summed E-state index contributed by atoms with van der Waals surface area (Å²) >= 11 is 6.51. The fourth-order valence-electron chi connectivity index (χ4n) is 4.13. The molecule has 0 radical (unpaired) electrons. The van der Waals surface area contributed by atoms with Gasteiger partial charge in [0.1, 0.15) is 17.6 Å². The summed E-state index contributed by atoms with van der Waals surface area (Å²) in [4.78, 5) is 4.56. The van der Waals surface area contributed by atoms with E-state index in [2.05, 4.69) is 37.1 Å². The lowest BCUT2D eigenvalue weighted by Crippen LogP contribution is -2.16. The molecule has 0 saturated carbocycles. The van der Waals surface area contributed by atoms with Crippen molar-refractivity contribution in [3.05, 3.63) is 76.5 Å². The summed E-state index contributed by atoms with van der Waals surface area (Å²) in [5.41, 5.74) is 3.82. The molecule has 4 aromatic rings. The number of aromatic amines is 1. The monoisotopic (exact) mass is 477 g/mol. The van der Waals surface area contributed by atoms with Gasteiger partial charge in [0.2, 0.25) is 0 Å². The summed E-state index contributed by atoms with van der Waals surface area (Å²) in [7, 11) is 0. The van der Waals surface area contributed by atoms with Crippen LogP contribution < -0.4 is 10.6 Å². The van der Waals surface area contributed by atoms with Crippen LogP contribution in [0.2, 0.25) is 5.02 Å². The van der Waals surface area contributed by atoms with Crippen LogP contribution in [0.4, 0.5) is 15.8 Å². The van der Waals surface area contributed by atoms with Crippen molar-refractivity contribution in [3.63, 3.8) is 0 Å². The molecule has 2 aromatic carbocycles. The van der Waals surface area contributed by atoms with Crippen LogP contribution in [0.3, 0.4) is 0 Å². The van der Waals surface area contributed by atoms with Crippen molar-refractivity contribution in [2.45, 2.75) is 12.5 Å². The van der Waals surface area contributed by atoms with Crippen LogP contribution in [0.15, 0.2) is 48.8 Å². The first-order valence-corrected chi connectivity index (χ1v) is 11.2. The standard InChI is InChI=1S/C24H21ClFN7O/c25-17-7-19-22(28-10-14-5-6-34-13-14)16(9-27)11-29-24(19)20(8-17)31-23(21-12-30-33-32-21)15-1-3-18(26)4-2-15/h1-4,7-8,11-12,14,23,31H,5-6,10,13H2,(H,28,29)(H,30,32,33)/t14?,23-/m0/s1. The highest BCUT2D eigenvalue weighted by Crippen LogP contribution is 2.36. The van der Waals surface area contributed by atoms with Crippen molar-refractivity contribution >= 4 is 33.9 Å². The van der Waals surface area contributed by atoms with Gasteiger partial charge in [-0.25, -0.2) is 4.39 Å². The number of nitrogens with one attached hydrogen (secondary N) is 3. The molecule has 1 aliphatic rings. The van der Waals surface area contributed by atoms with E-state index in [4.69, 9.17) is 16.3 Å². The maximum Gasteiger partial charge on any atom is 0.123 e. The minimum Gasteiger partial charge on any atom is -0.383 e. The first-order valence-electron chi connectivity index (χ1n) is 10.8. The molecule has 2 aromatic heterocycles. The fraction of sp³-hybridized carbons (Fsp3) is 0.250. The largest absolute Gasteiger partial charge is 0.383 e. The number of hydrogen-bond donors (Lipinski definition) is 3. The Balaban J connectivity index is 1.56. The lowest BCUT2D eigenvalue weighted by molar-refractivity contribution is 0.187. The highest BCUT2D eigenvalue weighted by molar-refractivity contribution is 6.32. The van der Waals surface area contributed by atoms with E-state index in [9.17, 15) is 9.65 Å². The number of benzene rings is 2. The molecule has 0 amide bonds. The molecule has 0 bridgehead atoms. The lowest BCUT2D eigenvalue weighted by Gasteiger charge is -2.21. The average molecular weight is 478 g/mol. The number of nitriles is 1. The molecule has 0 aliphatic carbocycles. The van der Waals surface area contributed by atoms with Crippen molar-refractivity contribution in [2.24, 2.45) is 5.92 Å². The van der Waals surface area contributed by atoms with Gasteiger partial charge in [0, 0.05) is 35.7 Å². The van der Waals surface area contributed by atoms with Gasteiger partial charge in [0.15, 0.2) is 0 Å². The van der Waals surface area contributed by atoms with Gasteiger partial charge >= 0.3 is 0 Å². The summed E-state index contributed by atoms with van der Waals surface area (Å²) in [5, 5.41) is 28.5. The van der Waals surface area contributed by atoms with Crippen LogP contribution in [-0.2, 0) is 4.74 Å². The maximum absolute atomic E-state index is 13.6. The average Bonchev–Trinajstić information content (AvgIpc) is 3.56. The Hall–Kier alpha value is -3.74. The summed E-state index contributed by atoms with van der Waals surface area (Å²) < 4.78 is 19.0. The second-order valence-corrected chi connectivity index (χ2v) is 8.58. The van der Waals surface area contributed by atoms with E-state index in [0.717, 1.165) is 24.0 Å². The van der Waals surface area contributed by atoms with Gasteiger partial charge in [-0.15, -0.1) is 0 Å². The zero-order valence-corrected chi connectivity index (χ0v) is 18.8. The maximum atomic E-state index is 13.6. The summed E-state index contributed by atoms with van der Waals surface area (Å²) in [6, 6.07) is 11.5. The molecule has 1 fully saturated rings. The zero-order chi connectivity index (χ0) is 23.5. The SMILES string of the molecule is N#Cc1cnc2c(N[C@@H](c3ccc(F)cc3)c3cn[nH]n3)cc(Cl)cc2c1NCC1CCOC1. The molecule has 3 heterocycles. The Kier molecular flexibility index (Phi) is 6.25. The Morgan fingerprint density at radius 2 is 2.12 bits per heavy atom. The zero-order valence-electron chi connectivity index (χ0n) is 18.1. The number of rotatable bonds is 7. The van der Waals surface area contributed by atoms with E-state index in [-0.39, 0.29) is 5.82 Å². The Morgan fingerprint density at radius 3 is 2.82 bits per heavy atom. The van der Waals surface area contributed by atoms with Crippen LogP contribution in [0.25, 0.3) is 10.9 Å². The second-order valence-electron chi connectivity index (χ2n) is 8.14. The number of pyridine rings is 1. The fourth-order valence-corrected chi connectivity index (χ4v) is 4.35. The van der Waals surface area contributed by atoms with E-state index < -0.39 is 6.04 Å². The number of hydrogen-bond acceptors (Lipinski definition) is 7. The third-order valence-electron chi connectivity index (χ3n) is 5.88. The molecule has 1 aliphatic heterocycles. The molecular formula is C24H21ClFN7O. The minimum absolute atomic E-state index is 0.329. The van der Waals surface area contributed by atoms with Crippen molar-refractivity contribution in [1.29, 1.82) is 5.26 Å². The van der Waals surface area contributed by atoms with Crippen molar-refractivity contribution < 1.29 is 9.13 Å². The molecule has 8 nitrogen and oxygen atoms in total.